The second-order valence-corrected chi connectivity index (χ2v) is 9.60. The first-order valence-electron chi connectivity index (χ1n) is 12.9. The van der Waals surface area contributed by atoms with E-state index in [9.17, 15) is 13.6 Å². The Kier molecular flexibility index (Phi) is 6.81. The minimum atomic E-state index is -0.352. The van der Waals surface area contributed by atoms with Gasteiger partial charge in [0.15, 0.2) is 5.65 Å². The number of fused-ring (bicyclic) bond motifs is 1. The monoisotopic (exact) mass is 524 g/mol. The van der Waals surface area contributed by atoms with Crippen LogP contribution in [0, 0.1) is 17.6 Å². The SMILES string of the molecule is O=C(NCc1n[nH]c2nc(-c3ccc(F)cc3)c(-c3ccncc3)c(-c3ccc(F)cc3)c12)C1CCNCC1. The number of halogens is 2. The molecule has 1 saturated heterocycles. The number of nitrogens with zero attached hydrogens (tertiary/aromatic N) is 3. The van der Waals surface area contributed by atoms with Gasteiger partial charge in [0.1, 0.15) is 11.6 Å². The Morgan fingerprint density at radius 2 is 1.46 bits per heavy atom. The molecule has 1 amide bonds. The van der Waals surface area contributed by atoms with Gasteiger partial charge >= 0.3 is 0 Å². The number of H-pyrrole nitrogens is 1. The number of hydrogen-bond donors (Lipinski definition) is 3. The van der Waals surface area contributed by atoms with Crippen molar-refractivity contribution < 1.29 is 13.6 Å². The van der Waals surface area contributed by atoms with E-state index in [1.807, 2.05) is 12.1 Å². The Balaban J connectivity index is 1.56. The predicted octanol–water partition coefficient (Wildman–Crippen LogP) is 5.25. The lowest BCUT2D eigenvalue weighted by atomic mass is 9.89. The standard InChI is InChI=1S/C30H26F2N6O/c31-22-5-1-18(2-6-22)25-26(19-9-13-33-14-10-19)28(20-3-7-23(32)8-4-20)36-29-27(25)24(37-38-29)17-35-30(39)21-11-15-34-16-12-21/h1-10,13-14,21,34H,11-12,15-17H2,(H,35,39)(H,36,37,38). The molecule has 4 heterocycles. The lowest BCUT2D eigenvalue weighted by Gasteiger charge is -2.21. The van der Waals surface area contributed by atoms with Crippen molar-refractivity contribution in [1.82, 2.24) is 30.8 Å². The van der Waals surface area contributed by atoms with E-state index < -0.39 is 0 Å². The first-order valence-corrected chi connectivity index (χ1v) is 12.9. The van der Waals surface area contributed by atoms with Crippen LogP contribution in [-0.2, 0) is 11.3 Å². The van der Waals surface area contributed by atoms with Crippen molar-refractivity contribution >= 4 is 16.9 Å². The first kappa shape index (κ1) is 24.8. The Labute approximate surface area is 223 Å². The Morgan fingerprint density at radius 1 is 0.846 bits per heavy atom. The van der Waals surface area contributed by atoms with Crippen LogP contribution < -0.4 is 10.6 Å². The van der Waals surface area contributed by atoms with E-state index in [0.717, 1.165) is 53.6 Å². The van der Waals surface area contributed by atoms with E-state index in [-0.39, 0.29) is 30.0 Å². The summed E-state index contributed by atoms with van der Waals surface area (Å²) in [5, 5.41) is 14.6. The van der Waals surface area contributed by atoms with E-state index in [1.54, 1.807) is 36.7 Å². The molecule has 9 heteroatoms. The highest BCUT2D eigenvalue weighted by Crippen LogP contribution is 2.43. The molecule has 3 N–H and O–H groups in total. The average Bonchev–Trinajstić information content (AvgIpc) is 3.39. The number of amides is 1. The minimum Gasteiger partial charge on any atom is -0.350 e. The fourth-order valence-electron chi connectivity index (χ4n) is 5.17. The largest absolute Gasteiger partial charge is 0.350 e. The highest BCUT2D eigenvalue weighted by molar-refractivity contribution is 6.07. The number of rotatable bonds is 6. The number of hydrogen-bond acceptors (Lipinski definition) is 5. The molecule has 7 nitrogen and oxygen atoms in total. The van der Waals surface area contributed by atoms with Crippen molar-refractivity contribution in [1.29, 1.82) is 0 Å². The molecule has 2 aromatic carbocycles. The van der Waals surface area contributed by atoms with Crippen LogP contribution in [0.1, 0.15) is 18.5 Å². The highest BCUT2D eigenvalue weighted by atomic mass is 19.1. The van der Waals surface area contributed by atoms with Gasteiger partial charge in [-0.3, -0.25) is 14.9 Å². The van der Waals surface area contributed by atoms with Crippen LogP contribution in [-0.4, -0.2) is 39.2 Å². The first-order chi connectivity index (χ1) is 19.1. The van der Waals surface area contributed by atoms with E-state index in [0.29, 0.717) is 22.6 Å². The molecule has 0 unspecified atom stereocenters. The number of piperidine rings is 1. The van der Waals surface area contributed by atoms with Gasteiger partial charge in [-0.05, 0) is 85.6 Å². The average molecular weight is 525 g/mol. The molecule has 0 saturated carbocycles. The molecule has 6 rings (SSSR count). The Morgan fingerprint density at radius 3 is 2.13 bits per heavy atom. The number of aromatic nitrogens is 4. The van der Waals surface area contributed by atoms with E-state index >= 15 is 0 Å². The van der Waals surface area contributed by atoms with Crippen LogP contribution in [0.15, 0.2) is 73.1 Å². The molecule has 0 atom stereocenters. The number of nitrogens with one attached hydrogen (secondary N) is 3. The summed E-state index contributed by atoms with van der Waals surface area (Å²) in [5.41, 5.74) is 5.61. The van der Waals surface area contributed by atoms with Gasteiger partial charge < -0.3 is 10.6 Å². The predicted molar refractivity (Wildman–Crippen MR) is 145 cm³/mol. The lowest BCUT2D eigenvalue weighted by Crippen LogP contribution is -2.37. The highest BCUT2D eigenvalue weighted by Gasteiger charge is 2.25. The zero-order chi connectivity index (χ0) is 26.8. The minimum absolute atomic E-state index is 0.00114. The molecular weight excluding hydrogens is 498 g/mol. The molecule has 1 aliphatic heterocycles. The molecule has 0 radical (unpaired) electrons. The number of carbonyl (C=O) groups excluding carboxylic acids is 1. The van der Waals surface area contributed by atoms with E-state index in [4.69, 9.17) is 4.98 Å². The van der Waals surface area contributed by atoms with Crippen LogP contribution >= 0.6 is 0 Å². The summed E-state index contributed by atoms with van der Waals surface area (Å²) in [4.78, 5) is 22.0. The summed E-state index contributed by atoms with van der Waals surface area (Å²) in [6.07, 6.45) is 4.97. The second kappa shape index (κ2) is 10.7. The van der Waals surface area contributed by atoms with Gasteiger partial charge in [0.05, 0.1) is 23.3 Å². The number of carbonyl (C=O) groups is 1. The van der Waals surface area contributed by atoms with Crippen molar-refractivity contribution in [3.05, 3.63) is 90.4 Å². The van der Waals surface area contributed by atoms with Gasteiger partial charge in [-0.1, -0.05) is 12.1 Å². The third-order valence-corrected chi connectivity index (χ3v) is 7.14. The summed E-state index contributed by atoms with van der Waals surface area (Å²) in [5.74, 6) is -0.739. The summed E-state index contributed by atoms with van der Waals surface area (Å²) in [7, 11) is 0. The van der Waals surface area contributed by atoms with Crippen LogP contribution in [0.3, 0.4) is 0 Å². The molecule has 0 bridgehead atoms. The van der Waals surface area contributed by atoms with Crippen LogP contribution in [0.25, 0.3) is 44.5 Å². The Hall–Kier alpha value is -4.50. The normalized spacial score (nSPS) is 14.0. The summed E-state index contributed by atoms with van der Waals surface area (Å²) in [6.45, 7) is 1.86. The van der Waals surface area contributed by atoms with Gasteiger partial charge in [0.2, 0.25) is 5.91 Å². The molecule has 0 spiro atoms. The summed E-state index contributed by atoms with van der Waals surface area (Å²) >= 11 is 0. The smallest absolute Gasteiger partial charge is 0.223 e. The Bertz CT molecular complexity index is 1610. The zero-order valence-electron chi connectivity index (χ0n) is 21.0. The topological polar surface area (TPSA) is 95.6 Å². The van der Waals surface area contributed by atoms with E-state index in [1.165, 1.54) is 24.3 Å². The third-order valence-electron chi connectivity index (χ3n) is 7.14. The molecule has 5 aromatic rings. The molecule has 0 aliphatic carbocycles. The number of pyridine rings is 2. The fourth-order valence-corrected chi connectivity index (χ4v) is 5.17. The van der Waals surface area contributed by atoms with Crippen LogP contribution in [0.4, 0.5) is 8.78 Å². The van der Waals surface area contributed by atoms with E-state index in [2.05, 4.69) is 25.8 Å². The molecule has 1 fully saturated rings. The molecule has 196 valence electrons. The van der Waals surface area contributed by atoms with Gasteiger partial charge in [0.25, 0.3) is 0 Å². The number of benzene rings is 2. The van der Waals surface area contributed by atoms with Crippen molar-refractivity contribution in [3.8, 4) is 33.5 Å². The third kappa shape index (κ3) is 5.00. The van der Waals surface area contributed by atoms with Crippen LogP contribution in [0.2, 0.25) is 0 Å². The van der Waals surface area contributed by atoms with Crippen LogP contribution in [0.5, 0.6) is 0 Å². The zero-order valence-corrected chi connectivity index (χ0v) is 21.0. The van der Waals surface area contributed by atoms with Crippen molar-refractivity contribution in [2.75, 3.05) is 13.1 Å². The maximum absolute atomic E-state index is 14.0. The second-order valence-electron chi connectivity index (χ2n) is 9.60. The van der Waals surface area contributed by atoms with Crippen molar-refractivity contribution in [2.45, 2.75) is 19.4 Å². The summed E-state index contributed by atoms with van der Waals surface area (Å²) in [6, 6.07) is 16.2. The van der Waals surface area contributed by atoms with Crippen molar-refractivity contribution in [3.63, 3.8) is 0 Å². The fraction of sp³-hybridized carbons (Fsp3) is 0.200. The molecule has 1 aliphatic rings. The molecule has 39 heavy (non-hydrogen) atoms. The molecular formula is C30H26F2N6O. The quantitative estimate of drug-likeness (QED) is 0.282. The van der Waals surface area contributed by atoms with Crippen molar-refractivity contribution in [2.24, 2.45) is 5.92 Å². The van der Waals surface area contributed by atoms with Gasteiger partial charge in [0, 0.05) is 35.0 Å². The molecule has 3 aromatic heterocycles. The maximum atomic E-state index is 14.0. The van der Waals surface area contributed by atoms with Gasteiger partial charge in [-0.2, -0.15) is 5.10 Å². The maximum Gasteiger partial charge on any atom is 0.223 e. The van der Waals surface area contributed by atoms with Gasteiger partial charge in [-0.25, -0.2) is 13.8 Å². The number of aromatic amines is 1. The lowest BCUT2D eigenvalue weighted by molar-refractivity contribution is -0.125. The summed E-state index contributed by atoms with van der Waals surface area (Å²) < 4.78 is 27.8. The van der Waals surface area contributed by atoms with Gasteiger partial charge in [-0.15, -0.1) is 0 Å².